The van der Waals surface area contributed by atoms with Gasteiger partial charge in [-0.2, -0.15) is 0 Å². The molecule has 0 unspecified atom stereocenters. The van der Waals surface area contributed by atoms with Crippen LogP contribution in [0.5, 0.6) is 0 Å². The van der Waals surface area contributed by atoms with Gasteiger partial charge in [-0.1, -0.05) is 0 Å². The fraction of sp³-hybridized carbons (Fsp3) is 0.500. The number of aryl methyl sites for hydroxylation is 1. The maximum atomic E-state index is 8.46. The normalized spacial score (nSPS) is 9.70. The van der Waals surface area contributed by atoms with Gasteiger partial charge in [-0.05, 0) is 6.42 Å². The lowest BCUT2D eigenvalue weighted by Crippen LogP contribution is -1.96. The SMILES string of the molecule is OCCCc1ncncn1. The van der Waals surface area contributed by atoms with Crippen LogP contribution >= 0.6 is 0 Å². The van der Waals surface area contributed by atoms with E-state index in [1.807, 2.05) is 0 Å². The molecule has 0 radical (unpaired) electrons. The Balaban J connectivity index is 2.43. The Bertz CT molecular complexity index is 178. The molecule has 1 rings (SSSR count). The van der Waals surface area contributed by atoms with Crippen LogP contribution in [0.25, 0.3) is 0 Å². The quantitative estimate of drug-likeness (QED) is 0.629. The molecule has 0 bridgehead atoms. The van der Waals surface area contributed by atoms with Crippen molar-refractivity contribution in [1.82, 2.24) is 15.0 Å². The highest BCUT2D eigenvalue weighted by atomic mass is 16.2. The van der Waals surface area contributed by atoms with Crippen molar-refractivity contribution in [3.8, 4) is 0 Å². The van der Waals surface area contributed by atoms with Crippen LogP contribution in [0.4, 0.5) is 0 Å². The van der Waals surface area contributed by atoms with Gasteiger partial charge >= 0.3 is 0 Å². The molecule has 1 N–H and O–H groups in total. The molecule has 0 amide bonds. The Morgan fingerprint density at radius 3 is 2.60 bits per heavy atom. The summed E-state index contributed by atoms with van der Waals surface area (Å²) in [6, 6.07) is 0. The lowest BCUT2D eigenvalue weighted by molar-refractivity contribution is 0.287. The van der Waals surface area contributed by atoms with Crippen molar-refractivity contribution in [2.45, 2.75) is 12.8 Å². The molecule has 0 aliphatic rings. The zero-order valence-corrected chi connectivity index (χ0v) is 5.56. The molecular formula is C6H9N3O. The lowest BCUT2D eigenvalue weighted by Gasteiger charge is -1.93. The van der Waals surface area contributed by atoms with Gasteiger partial charge in [0.05, 0.1) is 0 Å². The monoisotopic (exact) mass is 139 g/mol. The van der Waals surface area contributed by atoms with E-state index in [0.717, 1.165) is 12.2 Å². The minimum absolute atomic E-state index is 0.186. The highest BCUT2D eigenvalue weighted by molar-refractivity contribution is 4.80. The molecule has 0 fully saturated rings. The number of nitrogens with zero attached hydrogens (tertiary/aromatic N) is 3. The molecule has 0 aliphatic heterocycles. The van der Waals surface area contributed by atoms with E-state index in [0.29, 0.717) is 6.42 Å². The van der Waals surface area contributed by atoms with Gasteiger partial charge in [-0.3, -0.25) is 0 Å². The Labute approximate surface area is 59.0 Å². The van der Waals surface area contributed by atoms with E-state index in [9.17, 15) is 0 Å². The molecule has 4 heteroatoms. The molecule has 0 spiro atoms. The van der Waals surface area contributed by atoms with E-state index in [1.54, 1.807) is 0 Å². The number of aromatic nitrogens is 3. The van der Waals surface area contributed by atoms with Crippen molar-refractivity contribution in [2.75, 3.05) is 6.61 Å². The molecule has 1 aromatic heterocycles. The Morgan fingerprint density at radius 2 is 2.00 bits per heavy atom. The molecule has 1 aromatic rings. The summed E-state index contributed by atoms with van der Waals surface area (Å²) in [5.74, 6) is 0.740. The molecule has 4 nitrogen and oxygen atoms in total. The summed E-state index contributed by atoms with van der Waals surface area (Å²) in [5.41, 5.74) is 0. The van der Waals surface area contributed by atoms with Crippen LogP contribution in [0.1, 0.15) is 12.2 Å². The summed E-state index contributed by atoms with van der Waals surface area (Å²) in [6.07, 6.45) is 4.35. The standard InChI is InChI=1S/C6H9N3O/c10-3-1-2-6-8-4-7-5-9-6/h4-5,10H,1-3H2. The highest BCUT2D eigenvalue weighted by Crippen LogP contribution is 1.90. The number of aliphatic hydroxyl groups excluding tert-OH is 1. The van der Waals surface area contributed by atoms with E-state index < -0.39 is 0 Å². The van der Waals surface area contributed by atoms with Crippen LogP contribution in [-0.2, 0) is 6.42 Å². The Kier molecular flexibility index (Phi) is 2.76. The largest absolute Gasteiger partial charge is 0.396 e. The predicted molar refractivity (Wildman–Crippen MR) is 35.2 cm³/mol. The maximum absolute atomic E-state index is 8.46. The number of hydrogen-bond donors (Lipinski definition) is 1. The summed E-state index contributed by atoms with van der Waals surface area (Å²) < 4.78 is 0. The van der Waals surface area contributed by atoms with E-state index in [1.165, 1.54) is 12.7 Å². The van der Waals surface area contributed by atoms with Crippen molar-refractivity contribution >= 4 is 0 Å². The fourth-order valence-electron chi connectivity index (χ4n) is 0.629. The van der Waals surface area contributed by atoms with E-state index >= 15 is 0 Å². The molecule has 0 saturated heterocycles. The van der Waals surface area contributed by atoms with E-state index in [2.05, 4.69) is 15.0 Å². The second-order valence-electron chi connectivity index (χ2n) is 1.88. The van der Waals surface area contributed by atoms with Crippen LogP contribution < -0.4 is 0 Å². The van der Waals surface area contributed by atoms with Gasteiger partial charge in [0.15, 0.2) is 0 Å². The smallest absolute Gasteiger partial charge is 0.132 e. The van der Waals surface area contributed by atoms with E-state index in [-0.39, 0.29) is 6.61 Å². The number of rotatable bonds is 3. The van der Waals surface area contributed by atoms with Crippen molar-refractivity contribution in [3.05, 3.63) is 18.5 Å². The molecule has 0 saturated carbocycles. The van der Waals surface area contributed by atoms with Gasteiger partial charge in [-0.25, -0.2) is 15.0 Å². The minimum Gasteiger partial charge on any atom is -0.396 e. The maximum Gasteiger partial charge on any atom is 0.132 e. The molecule has 54 valence electrons. The number of hydrogen-bond acceptors (Lipinski definition) is 4. The first kappa shape index (κ1) is 7.08. The van der Waals surface area contributed by atoms with Gasteiger partial charge in [0, 0.05) is 13.0 Å². The van der Waals surface area contributed by atoms with Crippen LogP contribution in [0.2, 0.25) is 0 Å². The van der Waals surface area contributed by atoms with Crippen molar-refractivity contribution < 1.29 is 5.11 Å². The second-order valence-corrected chi connectivity index (χ2v) is 1.88. The van der Waals surface area contributed by atoms with Gasteiger partial charge in [0.25, 0.3) is 0 Å². The zero-order valence-electron chi connectivity index (χ0n) is 5.56. The van der Waals surface area contributed by atoms with Crippen molar-refractivity contribution in [2.24, 2.45) is 0 Å². The van der Waals surface area contributed by atoms with Crippen molar-refractivity contribution in [1.29, 1.82) is 0 Å². The second kappa shape index (κ2) is 3.90. The molecule has 0 aromatic carbocycles. The average Bonchev–Trinajstić information content (AvgIpc) is 2.03. The topological polar surface area (TPSA) is 58.9 Å². The van der Waals surface area contributed by atoms with Gasteiger partial charge in [0.1, 0.15) is 18.5 Å². The van der Waals surface area contributed by atoms with Crippen LogP contribution in [-0.4, -0.2) is 26.7 Å². The van der Waals surface area contributed by atoms with Crippen molar-refractivity contribution in [3.63, 3.8) is 0 Å². The minimum atomic E-state index is 0.186. The Hall–Kier alpha value is -1.03. The third-order valence-electron chi connectivity index (χ3n) is 1.11. The van der Waals surface area contributed by atoms with E-state index in [4.69, 9.17) is 5.11 Å². The zero-order chi connectivity index (χ0) is 7.23. The summed E-state index contributed by atoms with van der Waals surface area (Å²) >= 11 is 0. The molecular weight excluding hydrogens is 130 g/mol. The first-order valence-electron chi connectivity index (χ1n) is 3.15. The van der Waals surface area contributed by atoms with Gasteiger partial charge < -0.3 is 5.11 Å². The summed E-state index contributed by atoms with van der Waals surface area (Å²) in [7, 11) is 0. The van der Waals surface area contributed by atoms with Crippen LogP contribution in [0, 0.1) is 0 Å². The molecule has 0 atom stereocenters. The van der Waals surface area contributed by atoms with Gasteiger partial charge in [0.2, 0.25) is 0 Å². The van der Waals surface area contributed by atoms with Crippen LogP contribution in [0.15, 0.2) is 12.7 Å². The predicted octanol–water partition coefficient (Wildman–Crippen LogP) is -0.204. The molecule has 10 heavy (non-hydrogen) atoms. The fourth-order valence-corrected chi connectivity index (χ4v) is 0.629. The summed E-state index contributed by atoms with van der Waals surface area (Å²) in [4.78, 5) is 11.4. The Morgan fingerprint density at radius 1 is 1.30 bits per heavy atom. The number of aliphatic hydroxyl groups is 1. The first-order chi connectivity index (χ1) is 4.93. The first-order valence-corrected chi connectivity index (χ1v) is 3.15. The average molecular weight is 139 g/mol. The molecule has 0 aliphatic carbocycles. The molecule has 1 heterocycles. The highest BCUT2D eigenvalue weighted by Gasteiger charge is 1.91. The third-order valence-corrected chi connectivity index (χ3v) is 1.11. The third kappa shape index (κ3) is 2.06. The van der Waals surface area contributed by atoms with Gasteiger partial charge in [-0.15, -0.1) is 0 Å². The summed E-state index contributed by atoms with van der Waals surface area (Å²) in [6.45, 7) is 0.186. The van der Waals surface area contributed by atoms with Crippen LogP contribution in [0.3, 0.4) is 0 Å². The summed E-state index contributed by atoms with van der Waals surface area (Å²) in [5, 5.41) is 8.46. The lowest BCUT2D eigenvalue weighted by atomic mass is 10.3.